The lowest BCUT2D eigenvalue weighted by atomic mass is 10.00. The van der Waals surface area contributed by atoms with Gasteiger partial charge in [-0.2, -0.15) is 0 Å². The average molecular weight is 235 g/mol. The van der Waals surface area contributed by atoms with Crippen LogP contribution in [0.1, 0.15) is 35.6 Å². The molecule has 3 heteroatoms. The number of benzene rings is 1. The van der Waals surface area contributed by atoms with E-state index in [1.807, 2.05) is 0 Å². The summed E-state index contributed by atoms with van der Waals surface area (Å²) in [4.78, 5) is 1.10. The van der Waals surface area contributed by atoms with Crippen molar-refractivity contribution in [3.05, 3.63) is 28.8 Å². The van der Waals surface area contributed by atoms with Crippen molar-refractivity contribution in [2.45, 2.75) is 43.7 Å². The van der Waals surface area contributed by atoms with Crippen LogP contribution in [0.2, 0.25) is 0 Å². The Labute approximate surface area is 98.9 Å². The van der Waals surface area contributed by atoms with Crippen LogP contribution in [0.3, 0.4) is 0 Å². The number of fused-ring (bicyclic) bond motifs is 1. The normalized spacial score (nSPS) is 28.1. The fourth-order valence-corrected chi connectivity index (χ4v) is 4.23. The predicted molar refractivity (Wildman–Crippen MR) is 66.1 cm³/mol. The highest BCUT2D eigenvalue weighted by molar-refractivity contribution is 7.85. The molecular weight excluding hydrogens is 218 g/mol. The van der Waals surface area contributed by atoms with Gasteiger partial charge in [0.25, 0.3) is 0 Å². The predicted octanol–water partition coefficient (Wildman–Crippen LogP) is 2.22. The Morgan fingerprint density at radius 1 is 1.25 bits per heavy atom. The molecule has 16 heavy (non-hydrogen) atoms. The van der Waals surface area contributed by atoms with Crippen molar-refractivity contribution in [3.63, 3.8) is 0 Å². The molecule has 1 aliphatic carbocycles. The van der Waals surface area contributed by atoms with Crippen molar-refractivity contribution < 1.29 is 4.21 Å². The molecule has 3 rings (SSSR count). The summed E-state index contributed by atoms with van der Waals surface area (Å²) in [7, 11) is -0.801. The van der Waals surface area contributed by atoms with Gasteiger partial charge >= 0.3 is 0 Å². The maximum Gasteiger partial charge on any atom is 0.0555 e. The number of rotatable bonds is 2. The van der Waals surface area contributed by atoms with Gasteiger partial charge < -0.3 is 5.32 Å². The van der Waals surface area contributed by atoms with Crippen LogP contribution in [0, 0.1) is 13.8 Å². The topological polar surface area (TPSA) is 29.1 Å². The molecule has 1 N–H and O–H groups in total. The van der Waals surface area contributed by atoms with Crippen molar-refractivity contribution in [1.29, 1.82) is 0 Å². The Bertz CT molecular complexity index is 465. The monoisotopic (exact) mass is 235 g/mol. The van der Waals surface area contributed by atoms with Gasteiger partial charge in [0.1, 0.15) is 0 Å². The molecule has 2 aliphatic rings. The highest BCUT2D eigenvalue weighted by Gasteiger charge is 2.34. The molecule has 0 spiro atoms. The van der Waals surface area contributed by atoms with Crippen LogP contribution < -0.4 is 5.32 Å². The minimum Gasteiger partial charge on any atom is -0.306 e. The van der Waals surface area contributed by atoms with E-state index >= 15 is 0 Å². The van der Waals surface area contributed by atoms with E-state index in [2.05, 4.69) is 31.3 Å². The van der Waals surface area contributed by atoms with E-state index in [1.165, 1.54) is 29.5 Å². The quantitative estimate of drug-likeness (QED) is 0.851. The molecule has 2 unspecified atom stereocenters. The molecule has 2 atom stereocenters. The number of hydrogen-bond acceptors (Lipinski definition) is 2. The van der Waals surface area contributed by atoms with E-state index < -0.39 is 10.8 Å². The van der Waals surface area contributed by atoms with E-state index in [9.17, 15) is 4.21 Å². The summed E-state index contributed by atoms with van der Waals surface area (Å²) in [6.07, 6.45) is 2.56. The minimum absolute atomic E-state index is 0.322. The zero-order valence-electron chi connectivity index (χ0n) is 9.75. The van der Waals surface area contributed by atoms with E-state index in [0.717, 1.165) is 10.6 Å². The van der Waals surface area contributed by atoms with Gasteiger partial charge in [-0.3, -0.25) is 4.21 Å². The molecular formula is C13H17NOS. The third kappa shape index (κ3) is 1.62. The summed E-state index contributed by atoms with van der Waals surface area (Å²) in [5.41, 5.74) is 3.77. The minimum atomic E-state index is -0.801. The van der Waals surface area contributed by atoms with Crippen molar-refractivity contribution in [2.75, 3.05) is 5.75 Å². The Balaban J connectivity index is 2.04. The van der Waals surface area contributed by atoms with Crippen molar-refractivity contribution >= 4 is 10.8 Å². The highest BCUT2D eigenvalue weighted by atomic mass is 32.2. The maximum atomic E-state index is 12.1. The second-order valence-corrected chi connectivity index (χ2v) is 6.38. The molecule has 1 aromatic rings. The summed E-state index contributed by atoms with van der Waals surface area (Å²) < 4.78 is 12.1. The van der Waals surface area contributed by atoms with Gasteiger partial charge in [0.05, 0.1) is 10.8 Å². The first-order valence-corrected chi connectivity index (χ1v) is 7.23. The second kappa shape index (κ2) is 3.67. The molecule has 1 aliphatic heterocycles. The van der Waals surface area contributed by atoms with Crippen molar-refractivity contribution in [1.82, 2.24) is 5.32 Å². The number of hydrogen-bond donors (Lipinski definition) is 1. The third-order valence-corrected chi connectivity index (χ3v) is 5.15. The summed E-state index contributed by atoms with van der Waals surface area (Å²) >= 11 is 0. The Morgan fingerprint density at radius 2 is 1.94 bits per heavy atom. The summed E-state index contributed by atoms with van der Waals surface area (Å²) in [5.74, 6) is 0.761. The van der Waals surface area contributed by atoms with Gasteiger partial charge in [-0.1, -0.05) is 12.1 Å². The molecule has 0 saturated heterocycles. The van der Waals surface area contributed by atoms with Crippen molar-refractivity contribution in [3.8, 4) is 0 Å². The van der Waals surface area contributed by atoms with Gasteiger partial charge in [0.2, 0.25) is 0 Å². The fourth-order valence-electron chi connectivity index (χ4n) is 2.53. The van der Waals surface area contributed by atoms with Crippen LogP contribution in [0.4, 0.5) is 0 Å². The Morgan fingerprint density at radius 3 is 2.62 bits per heavy atom. The van der Waals surface area contributed by atoms with E-state index in [1.54, 1.807) is 0 Å². The van der Waals surface area contributed by atoms with Gasteiger partial charge in [-0.15, -0.1) is 0 Å². The zero-order chi connectivity index (χ0) is 11.3. The first-order valence-electron chi connectivity index (χ1n) is 5.91. The Hall–Kier alpha value is -0.670. The average Bonchev–Trinajstić information content (AvgIpc) is 2.97. The van der Waals surface area contributed by atoms with Crippen LogP contribution in [0.5, 0.6) is 0 Å². The van der Waals surface area contributed by atoms with E-state index in [-0.39, 0.29) is 0 Å². The first-order chi connectivity index (χ1) is 7.66. The van der Waals surface area contributed by atoms with Crippen molar-refractivity contribution in [2.24, 2.45) is 0 Å². The standard InChI is InChI=1S/C13H17NOS/c1-8-3-4-9(2)13-12(8)11(7-16(13)15)14-10-5-6-10/h3-4,10-11,14H,5-7H2,1-2H3. The molecule has 1 saturated carbocycles. The summed E-state index contributed by atoms with van der Waals surface area (Å²) in [6, 6.07) is 5.24. The van der Waals surface area contributed by atoms with Gasteiger partial charge in [-0.25, -0.2) is 0 Å². The lowest BCUT2D eigenvalue weighted by Gasteiger charge is -2.15. The second-order valence-electron chi connectivity index (χ2n) is 4.95. The molecule has 0 radical (unpaired) electrons. The maximum absolute atomic E-state index is 12.1. The summed E-state index contributed by atoms with van der Waals surface area (Å²) in [5, 5.41) is 3.61. The number of aryl methyl sites for hydroxylation is 2. The third-order valence-electron chi connectivity index (χ3n) is 3.52. The van der Waals surface area contributed by atoms with Gasteiger partial charge in [-0.05, 0) is 43.4 Å². The van der Waals surface area contributed by atoms with Crippen LogP contribution in [-0.4, -0.2) is 16.0 Å². The molecule has 0 bridgehead atoms. The molecule has 0 aromatic heterocycles. The molecule has 1 aromatic carbocycles. The largest absolute Gasteiger partial charge is 0.306 e. The Kier molecular flexibility index (Phi) is 2.41. The van der Waals surface area contributed by atoms with E-state index in [4.69, 9.17) is 0 Å². The fraction of sp³-hybridized carbons (Fsp3) is 0.538. The molecule has 0 amide bonds. The lowest BCUT2D eigenvalue weighted by Crippen LogP contribution is -2.24. The molecule has 1 fully saturated rings. The summed E-state index contributed by atoms with van der Waals surface area (Å²) in [6.45, 7) is 4.19. The van der Waals surface area contributed by atoms with Crippen LogP contribution in [0.15, 0.2) is 17.0 Å². The highest BCUT2D eigenvalue weighted by Crippen LogP contribution is 2.37. The van der Waals surface area contributed by atoms with Crippen LogP contribution in [-0.2, 0) is 10.8 Å². The first kappa shape index (κ1) is 10.5. The van der Waals surface area contributed by atoms with Crippen LogP contribution in [0.25, 0.3) is 0 Å². The number of nitrogens with one attached hydrogen (secondary N) is 1. The molecule has 1 heterocycles. The molecule has 86 valence electrons. The SMILES string of the molecule is Cc1ccc(C)c2c1C(NC1CC1)CS2=O. The lowest BCUT2D eigenvalue weighted by molar-refractivity contribution is 0.574. The zero-order valence-corrected chi connectivity index (χ0v) is 10.6. The van der Waals surface area contributed by atoms with Gasteiger partial charge in [0, 0.05) is 22.7 Å². The van der Waals surface area contributed by atoms with E-state index in [0.29, 0.717) is 12.1 Å². The van der Waals surface area contributed by atoms with Gasteiger partial charge in [0.15, 0.2) is 0 Å². The van der Waals surface area contributed by atoms with Crippen LogP contribution >= 0.6 is 0 Å². The molecule has 2 nitrogen and oxygen atoms in total. The smallest absolute Gasteiger partial charge is 0.0555 e.